The molecule has 4 nitrogen and oxygen atoms in total. The molecule has 4 N–H and O–H groups in total. The van der Waals surface area contributed by atoms with Crippen molar-refractivity contribution in [1.29, 1.82) is 0 Å². The average molecular weight is 233 g/mol. The van der Waals surface area contributed by atoms with Gasteiger partial charge in [-0.25, -0.2) is 4.39 Å². The fourth-order valence-electron chi connectivity index (χ4n) is 1.51. The van der Waals surface area contributed by atoms with Crippen LogP contribution in [0, 0.1) is 12.7 Å². The molecule has 0 unspecified atom stereocenters. The number of H-pyrrole nitrogens is 1. The van der Waals surface area contributed by atoms with Gasteiger partial charge in [0.05, 0.1) is 5.69 Å². The van der Waals surface area contributed by atoms with E-state index in [-0.39, 0.29) is 5.69 Å². The molecule has 0 saturated carbocycles. The van der Waals surface area contributed by atoms with Gasteiger partial charge in [-0.3, -0.25) is 4.79 Å². The summed E-state index contributed by atoms with van der Waals surface area (Å²) >= 11 is 0. The molecule has 2 rings (SSSR count). The Morgan fingerprint density at radius 1 is 1.47 bits per heavy atom. The number of nitrogen functional groups attached to an aromatic ring is 1. The Labute approximate surface area is 97.6 Å². The number of aromatic nitrogens is 1. The van der Waals surface area contributed by atoms with E-state index in [0.29, 0.717) is 16.9 Å². The van der Waals surface area contributed by atoms with Crippen LogP contribution in [0.1, 0.15) is 16.1 Å². The first-order valence-corrected chi connectivity index (χ1v) is 5.08. The number of carbonyl (C=O) groups is 1. The van der Waals surface area contributed by atoms with Crippen LogP contribution < -0.4 is 11.1 Å². The number of para-hydroxylation sites is 1. The van der Waals surface area contributed by atoms with Crippen molar-refractivity contribution in [3.8, 4) is 0 Å². The number of hydrogen-bond donors (Lipinski definition) is 3. The highest BCUT2D eigenvalue weighted by molar-refractivity contribution is 6.04. The molecule has 0 spiro atoms. The number of carbonyl (C=O) groups excluding carboxylic acids is 1. The summed E-state index contributed by atoms with van der Waals surface area (Å²) in [7, 11) is 0. The average Bonchev–Trinajstić information content (AvgIpc) is 2.70. The second-order valence-electron chi connectivity index (χ2n) is 3.73. The van der Waals surface area contributed by atoms with Crippen molar-refractivity contribution in [1.82, 2.24) is 4.98 Å². The summed E-state index contributed by atoms with van der Waals surface area (Å²) in [5.74, 6) is -0.882. The fraction of sp³-hybridized carbons (Fsp3) is 0.0833. The lowest BCUT2D eigenvalue weighted by molar-refractivity contribution is 0.102. The van der Waals surface area contributed by atoms with Crippen molar-refractivity contribution in [3.63, 3.8) is 0 Å². The second kappa shape index (κ2) is 4.29. The Kier molecular flexibility index (Phi) is 2.82. The maximum atomic E-state index is 13.5. The van der Waals surface area contributed by atoms with Crippen molar-refractivity contribution in [2.24, 2.45) is 0 Å². The maximum Gasteiger partial charge on any atom is 0.272 e. The number of anilines is 2. The molecule has 0 aliphatic heterocycles. The van der Waals surface area contributed by atoms with Crippen LogP contribution in [0.4, 0.5) is 15.8 Å². The van der Waals surface area contributed by atoms with Crippen molar-refractivity contribution in [2.75, 3.05) is 11.1 Å². The number of amides is 1. The third-order valence-electron chi connectivity index (χ3n) is 2.41. The molecular formula is C12H12FN3O. The monoisotopic (exact) mass is 233 g/mol. The highest BCUT2D eigenvalue weighted by Gasteiger charge is 2.12. The summed E-state index contributed by atoms with van der Waals surface area (Å²) in [6, 6.07) is 6.10. The first kappa shape index (κ1) is 11.2. The minimum absolute atomic E-state index is 0.186. The van der Waals surface area contributed by atoms with Crippen LogP contribution in [0.25, 0.3) is 0 Å². The molecule has 1 aromatic carbocycles. The van der Waals surface area contributed by atoms with E-state index in [9.17, 15) is 9.18 Å². The molecular weight excluding hydrogens is 221 g/mol. The smallest absolute Gasteiger partial charge is 0.272 e. The minimum Gasteiger partial charge on any atom is -0.397 e. The fourth-order valence-corrected chi connectivity index (χ4v) is 1.51. The Morgan fingerprint density at radius 3 is 2.82 bits per heavy atom. The summed E-state index contributed by atoms with van der Waals surface area (Å²) in [5, 5.41) is 2.51. The Balaban J connectivity index is 2.24. The molecule has 1 amide bonds. The van der Waals surface area contributed by atoms with E-state index in [1.807, 2.05) is 0 Å². The number of rotatable bonds is 2. The van der Waals surface area contributed by atoms with Gasteiger partial charge in [-0.2, -0.15) is 0 Å². The molecule has 0 bridgehead atoms. The van der Waals surface area contributed by atoms with E-state index in [4.69, 9.17) is 5.73 Å². The van der Waals surface area contributed by atoms with Gasteiger partial charge in [0.25, 0.3) is 5.91 Å². The van der Waals surface area contributed by atoms with Crippen LogP contribution in [0.5, 0.6) is 0 Å². The number of aromatic amines is 1. The van der Waals surface area contributed by atoms with Crippen LogP contribution in [-0.2, 0) is 0 Å². The van der Waals surface area contributed by atoms with Gasteiger partial charge in [0.15, 0.2) is 0 Å². The van der Waals surface area contributed by atoms with Crippen LogP contribution in [0.2, 0.25) is 0 Å². The van der Waals surface area contributed by atoms with Crippen molar-refractivity contribution < 1.29 is 9.18 Å². The zero-order valence-electron chi connectivity index (χ0n) is 9.25. The number of aryl methyl sites for hydroxylation is 1. The topological polar surface area (TPSA) is 70.9 Å². The Morgan fingerprint density at radius 2 is 2.24 bits per heavy atom. The summed E-state index contributed by atoms with van der Waals surface area (Å²) in [5.41, 5.74) is 7.09. The molecule has 88 valence electrons. The van der Waals surface area contributed by atoms with Crippen molar-refractivity contribution >= 4 is 17.3 Å². The van der Waals surface area contributed by atoms with E-state index in [1.165, 1.54) is 18.3 Å². The van der Waals surface area contributed by atoms with Gasteiger partial charge in [0.2, 0.25) is 0 Å². The predicted octanol–water partition coefficient (Wildman–Crippen LogP) is 2.30. The summed E-state index contributed by atoms with van der Waals surface area (Å²) < 4.78 is 13.5. The van der Waals surface area contributed by atoms with Gasteiger partial charge < -0.3 is 16.0 Å². The van der Waals surface area contributed by atoms with Gasteiger partial charge >= 0.3 is 0 Å². The molecule has 1 heterocycles. The SMILES string of the molecule is Cc1cccc(F)c1NC(=O)c1cc(N)c[nH]1. The van der Waals surface area contributed by atoms with Crippen LogP contribution in [0.15, 0.2) is 30.5 Å². The lowest BCUT2D eigenvalue weighted by Gasteiger charge is -2.08. The third-order valence-corrected chi connectivity index (χ3v) is 2.41. The highest BCUT2D eigenvalue weighted by Crippen LogP contribution is 2.19. The van der Waals surface area contributed by atoms with E-state index in [1.54, 1.807) is 19.1 Å². The second-order valence-corrected chi connectivity index (χ2v) is 3.73. The summed E-state index contributed by atoms with van der Waals surface area (Å²) in [4.78, 5) is 14.5. The van der Waals surface area contributed by atoms with Gasteiger partial charge in [-0.1, -0.05) is 12.1 Å². The van der Waals surface area contributed by atoms with Crippen LogP contribution >= 0.6 is 0 Å². The molecule has 0 atom stereocenters. The lowest BCUT2D eigenvalue weighted by atomic mass is 10.2. The standard InChI is InChI=1S/C12H12FN3O/c1-7-3-2-4-9(13)11(7)16-12(17)10-5-8(14)6-15-10/h2-6,15H,14H2,1H3,(H,16,17). The Bertz CT molecular complexity index is 542. The molecule has 0 radical (unpaired) electrons. The van der Waals surface area contributed by atoms with Crippen LogP contribution in [0.3, 0.4) is 0 Å². The van der Waals surface area contributed by atoms with Gasteiger partial charge in [0.1, 0.15) is 11.5 Å². The number of hydrogen-bond acceptors (Lipinski definition) is 2. The number of nitrogens with one attached hydrogen (secondary N) is 2. The first-order chi connectivity index (χ1) is 8.08. The summed E-state index contributed by atoms with van der Waals surface area (Å²) in [6.45, 7) is 1.72. The quantitative estimate of drug-likeness (QED) is 0.744. The molecule has 0 aliphatic rings. The molecule has 0 saturated heterocycles. The van der Waals surface area contributed by atoms with Gasteiger partial charge in [-0.15, -0.1) is 0 Å². The van der Waals surface area contributed by atoms with Crippen molar-refractivity contribution in [3.05, 3.63) is 47.5 Å². The molecule has 0 aliphatic carbocycles. The zero-order valence-corrected chi connectivity index (χ0v) is 9.25. The van der Waals surface area contributed by atoms with Crippen LogP contribution in [-0.4, -0.2) is 10.9 Å². The van der Waals surface area contributed by atoms with E-state index < -0.39 is 11.7 Å². The zero-order chi connectivity index (χ0) is 12.4. The molecule has 1 aromatic heterocycles. The van der Waals surface area contributed by atoms with E-state index in [0.717, 1.165) is 0 Å². The summed E-state index contributed by atoms with van der Waals surface area (Å²) in [6.07, 6.45) is 1.50. The number of halogens is 1. The Hall–Kier alpha value is -2.30. The number of benzene rings is 1. The highest BCUT2D eigenvalue weighted by atomic mass is 19.1. The van der Waals surface area contributed by atoms with E-state index in [2.05, 4.69) is 10.3 Å². The maximum absolute atomic E-state index is 13.5. The van der Waals surface area contributed by atoms with E-state index >= 15 is 0 Å². The molecule has 5 heteroatoms. The molecule has 2 aromatic rings. The van der Waals surface area contributed by atoms with Crippen molar-refractivity contribution in [2.45, 2.75) is 6.92 Å². The minimum atomic E-state index is -0.460. The predicted molar refractivity (Wildman–Crippen MR) is 64.3 cm³/mol. The molecule has 17 heavy (non-hydrogen) atoms. The lowest BCUT2D eigenvalue weighted by Crippen LogP contribution is -2.14. The third kappa shape index (κ3) is 2.28. The normalized spacial score (nSPS) is 10.2. The largest absolute Gasteiger partial charge is 0.397 e. The molecule has 0 fully saturated rings. The first-order valence-electron chi connectivity index (χ1n) is 5.08. The number of nitrogens with two attached hydrogens (primary N) is 1. The van der Waals surface area contributed by atoms with Gasteiger partial charge in [-0.05, 0) is 24.6 Å². The van der Waals surface area contributed by atoms with Gasteiger partial charge in [0, 0.05) is 11.9 Å².